The normalized spacial score (nSPS) is 10.3. The quantitative estimate of drug-likeness (QED) is 0.761. The van der Waals surface area contributed by atoms with E-state index in [2.05, 4.69) is 28.1 Å². The molecule has 0 unspecified atom stereocenters. The first kappa shape index (κ1) is 14.3. The number of carbonyl (C=O) groups is 1. The van der Waals surface area contributed by atoms with Gasteiger partial charge in [-0.1, -0.05) is 31.7 Å². The summed E-state index contributed by atoms with van der Waals surface area (Å²) >= 11 is 3.75. The lowest BCUT2D eigenvalue weighted by atomic mass is 10.0. The minimum atomic E-state index is -0.443. The number of anilines is 1. The van der Waals surface area contributed by atoms with Crippen molar-refractivity contribution in [2.75, 3.05) is 5.32 Å². The Balaban J connectivity index is 2.59. The van der Waals surface area contributed by atoms with Gasteiger partial charge in [0, 0.05) is 11.6 Å². The molecule has 0 aliphatic rings. The molecule has 2 rings (SSSR count). The number of nitrogens with zero attached hydrogens (tertiary/aromatic N) is 1. The second kappa shape index (κ2) is 5.92. The lowest BCUT2D eigenvalue weighted by Gasteiger charge is -2.12. The van der Waals surface area contributed by atoms with E-state index in [0.29, 0.717) is 11.4 Å². The molecule has 104 valence electrons. The number of hydrogen-bond acceptors (Lipinski definition) is 3. The molecule has 0 spiro atoms. The average molecular weight is 289 g/mol. The fraction of sp³-hybridized carbons (Fsp3) is 0.214. The Labute approximate surface area is 121 Å². The molecular formula is C14H15N3O2S. The molecule has 0 saturated heterocycles. The summed E-state index contributed by atoms with van der Waals surface area (Å²) in [5, 5.41) is 8.71. The molecule has 0 radical (unpaired) electrons. The number of amides is 1. The number of aryl methyl sites for hydroxylation is 2. The van der Waals surface area contributed by atoms with Crippen molar-refractivity contribution >= 4 is 23.6 Å². The first-order valence-corrected chi connectivity index (χ1v) is 6.65. The maximum atomic E-state index is 11.2. The summed E-state index contributed by atoms with van der Waals surface area (Å²) in [6.45, 7) is 3.84. The highest BCUT2D eigenvalue weighted by Crippen LogP contribution is 2.29. The van der Waals surface area contributed by atoms with Crippen molar-refractivity contribution in [3.63, 3.8) is 0 Å². The van der Waals surface area contributed by atoms with Gasteiger partial charge in [-0.3, -0.25) is 9.59 Å². The molecular weight excluding hydrogens is 274 g/mol. The predicted molar refractivity (Wildman–Crippen MR) is 82.4 cm³/mol. The van der Waals surface area contributed by atoms with Crippen LogP contribution in [0, 0.1) is 6.92 Å². The van der Waals surface area contributed by atoms with Gasteiger partial charge in [-0.2, -0.15) is 5.10 Å². The highest BCUT2D eigenvalue weighted by atomic mass is 32.1. The largest absolute Gasteiger partial charge is 0.316 e. The van der Waals surface area contributed by atoms with E-state index in [1.54, 1.807) is 6.92 Å². The number of carbonyl (C=O) groups excluding carboxylic acids is 1. The monoisotopic (exact) mass is 289 g/mol. The molecule has 1 amide bonds. The van der Waals surface area contributed by atoms with E-state index >= 15 is 0 Å². The molecule has 0 aliphatic carbocycles. The molecule has 0 atom stereocenters. The Bertz CT molecular complexity index is 710. The molecule has 20 heavy (non-hydrogen) atoms. The minimum Gasteiger partial charge on any atom is -0.316 e. The predicted octanol–water partition coefficient (Wildman–Crippen LogP) is 2.77. The van der Waals surface area contributed by atoms with Crippen molar-refractivity contribution in [3.05, 3.63) is 45.7 Å². The van der Waals surface area contributed by atoms with Crippen molar-refractivity contribution in [2.45, 2.75) is 20.3 Å². The van der Waals surface area contributed by atoms with Crippen LogP contribution in [0.1, 0.15) is 18.1 Å². The number of H-pyrrole nitrogens is 1. The summed E-state index contributed by atoms with van der Waals surface area (Å²) in [6.07, 6.45) is 0.855. The molecule has 0 aliphatic heterocycles. The smallest absolute Gasteiger partial charge is 0.280 e. The number of rotatable bonds is 3. The molecule has 0 bridgehead atoms. The Hall–Kier alpha value is -2.08. The maximum absolute atomic E-state index is 11.2. The third kappa shape index (κ3) is 3.08. The highest BCUT2D eigenvalue weighted by molar-refractivity contribution is 7.96. The van der Waals surface area contributed by atoms with Gasteiger partial charge in [0.05, 0.1) is 11.4 Å². The van der Waals surface area contributed by atoms with Gasteiger partial charge in [-0.25, -0.2) is 5.10 Å². The van der Waals surface area contributed by atoms with Crippen molar-refractivity contribution in [1.29, 1.82) is 0 Å². The standard InChI is InChI=1S/C14H15N3O2S/c1-3-9-4-5-10(11(7-9)15-14(19)20)13-8(2)6-12(18)16-17-13/h4-7H,3H2,1-2H3,(H,16,18)(H2,15,19,20). The van der Waals surface area contributed by atoms with E-state index in [1.807, 2.05) is 25.1 Å². The van der Waals surface area contributed by atoms with E-state index in [-0.39, 0.29) is 5.56 Å². The molecule has 5 nitrogen and oxygen atoms in total. The van der Waals surface area contributed by atoms with Gasteiger partial charge in [0.2, 0.25) is 0 Å². The zero-order valence-electron chi connectivity index (χ0n) is 11.2. The van der Waals surface area contributed by atoms with Crippen LogP contribution in [-0.4, -0.2) is 15.4 Å². The SMILES string of the molecule is CCc1ccc(-c2n[nH]c(=O)cc2C)c(NC(=O)S)c1. The van der Waals surface area contributed by atoms with Crippen LogP contribution in [0.4, 0.5) is 10.5 Å². The number of thiol groups is 1. The van der Waals surface area contributed by atoms with E-state index in [0.717, 1.165) is 23.1 Å². The van der Waals surface area contributed by atoms with Crippen molar-refractivity contribution in [2.24, 2.45) is 0 Å². The first-order chi connectivity index (χ1) is 9.51. The maximum Gasteiger partial charge on any atom is 0.280 e. The van der Waals surface area contributed by atoms with Crippen LogP contribution >= 0.6 is 12.6 Å². The van der Waals surface area contributed by atoms with Crippen LogP contribution in [-0.2, 0) is 6.42 Å². The highest BCUT2D eigenvalue weighted by Gasteiger charge is 2.12. The van der Waals surface area contributed by atoms with Crippen LogP contribution in [0.15, 0.2) is 29.1 Å². The number of aromatic amines is 1. The fourth-order valence-corrected chi connectivity index (χ4v) is 2.13. The zero-order chi connectivity index (χ0) is 14.7. The number of benzene rings is 1. The second-order valence-corrected chi connectivity index (χ2v) is 4.83. The van der Waals surface area contributed by atoms with Crippen LogP contribution in [0.2, 0.25) is 0 Å². The Kier molecular flexibility index (Phi) is 4.24. The second-order valence-electron chi connectivity index (χ2n) is 4.43. The number of nitrogens with one attached hydrogen (secondary N) is 2. The molecule has 2 aromatic rings. The van der Waals surface area contributed by atoms with Gasteiger partial charge in [-0.15, -0.1) is 0 Å². The van der Waals surface area contributed by atoms with Gasteiger partial charge >= 0.3 is 0 Å². The van der Waals surface area contributed by atoms with E-state index < -0.39 is 5.24 Å². The molecule has 2 N–H and O–H groups in total. The van der Waals surface area contributed by atoms with Crippen LogP contribution in [0.3, 0.4) is 0 Å². The summed E-state index contributed by atoms with van der Waals surface area (Å²) in [4.78, 5) is 22.4. The first-order valence-electron chi connectivity index (χ1n) is 6.21. The Morgan fingerprint density at radius 3 is 2.75 bits per heavy atom. The topological polar surface area (TPSA) is 74.8 Å². The fourth-order valence-electron chi connectivity index (χ4n) is 2.01. The summed E-state index contributed by atoms with van der Waals surface area (Å²) < 4.78 is 0. The lowest BCUT2D eigenvalue weighted by Crippen LogP contribution is -2.10. The Morgan fingerprint density at radius 1 is 1.40 bits per heavy atom. The molecule has 1 heterocycles. The van der Waals surface area contributed by atoms with Crippen LogP contribution in [0.5, 0.6) is 0 Å². The van der Waals surface area contributed by atoms with Crippen LogP contribution < -0.4 is 10.9 Å². The minimum absolute atomic E-state index is 0.254. The summed E-state index contributed by atoms with van der Waals surface area (Å²) in [6, 6.07) is 7.21. The Morgan fingerprint density at radius 2 is 2.15 bits per heavy atom. The van der Waals surface area contributed by atoms with Crippen molar-refractivity contribution < 1.29 is 4.79 Å². The molecule has 1 aromatic carbocycles. The zero-order valence-corrected chi connectivity index (χ0v) is 12.1. The van der Waals surface area contributed by atoms with Gasteiger partial charge in [0.1, 0.15) is 0 Å². The van der Waals surface area contributed by atoms with Gasteiger partial charge < -0.3 is 5.32 Å². The average Bonchev–Trinajstić information content (AvgIpc) is 2.38. The van der Waals surface area contributed by atoms with Crippen molar-refractivity contribution in [1.82, 2.24) is 10.2 Å². The van der Waals surface area contributed by atoms with E-state index in [9.17, 15) is 9.59 Å². The third-order valence-electron chi connectivity index (χ3n) is 2.99. The van der Waals surface area contributed by atoms with E-state index in [1.165, 1.54) is 6.07 Å². The summed E-state index contributed by atoms with van der Waals surface area (Å²) in [7, 11) is 0. The summed E-state index contributed by atoms with van der Waals surface area (Å²) in [5.74, 6) is 0. The molecule has 0 fully saturated rings. The van der Waals surface area contributed by atoms with Crippen LogP contribution in [0.25, 0.3) is 11.3 Å². The molecule has 1 aromatic heterocycles. The van der Waals surface area contributed by atoms with Gasteiger partial charge in [-0.05, 0) is 30.5 Å². The number of aromatic nitrogens is 2. The molecule has 0 saturated carbocycles. The summed E-state index contributed by atoms with van der Waals surface area (Å²) in [5.41, 5.74) is 3.59. The lowest BCUT2D eigenvalue weighted by molar-refractivity contribution is 0.270. The molecule has 6 heteroatoms. The van der Waals surface area contributed by atoms with Gasteiger partial charge in [0.25, 0.3) is 10.8 Å². The number of hydrogen-bond donors (Lipinski definition) is 3. The van der Waals surface area contributed by atoms with Gasteiger partial charge in [0.15, 0.2) is 0 Å². The van der Waals surface area contributed by atoms with Crippen molar-refractivity contribution in [3.8, 4) is 11.3 Å². The third-order valence-corrected chi connectivity index (χ3v) is 3.10. The van der Waals surface area contributed by atoms with E-state index in [4.69, 9.17) is 0 Å².